The van der Waals surface area contributed by atoms with Gasteiger partial charge in [0.15, 0.2) is 0 Å². The van der Waals surface area contributed by atoms with Crippen LogP contribution in [0.2, 0.25) is 5.02 Å². The molecule has 5 nitrogen and oxygen atoms in total. The Balaban J connectivity index is 1.52. The molecule has 0 amide bonds. The van der Waals surface area contributed by atoms with Gasteiger partial charge in [-0.15, -0.1) is 0 Å². The van der Waals surface area contributed by atoms with Gasteiger partial charge < -0.3 is 15.4 Å². The number of nitrogens with zero attached hydrogens (tertiary/aromatic N) is 2. The van der Waals surface area contributed by atoms with E-state index in [0.717, 1.165) is 45.0 Å². The molecule has 1 atom stereocenters. The van der Waals surface area contributed by atoms with Gasteiger partial charge in [-0.3, -0.25) is 0 Å². The third kappa shape index (κ3) is 3.61. The lowest BCUT2D eigenvalue weighted by atomic mass is 9.77. The first kappa shape index (κ1) is 16.7. The van der Waals surface area contributed by atoms with Gasteiger partial charge in [-0.1, -0.05) is 17.7 Å². The van der Waals surface area contributed by atoms with Crippen LogP contribution in [0.5, 0.6) is 0 Å². The molecule has 0 unspecified atom stereocenters. The van der Waals surface area contributed by atoms with E-state index in [1.807, 2.05) is 18.2 Å². The van der Waals surface area contributed by atoms with E-state index in [1.165, 1.54) is 12.3 Å². The van der Waals surface area contributed by atoms with Gasteiger partial charge in [0.25, 0.3) is 0 Å². The Morgan fingerprint density at radius 1 is 1.36 bits per heavy atom. The van der Waals surface area contributed by atoms with Crippen molar-refractivity contribution in [3.05, 3.63) is 41.4 Å². The molecule has 25 heavy (non-hydrogen) atoms. The number of ether oxygens (including phenoxy) is 1. The second-order valence-electron chi connectivity index (χ2n) is 6.68. The minimum atomic E-state index is -0.569. The van der Waals surface area contributed by atoms with Crippen molar-refractivity contribution < 1.29 is 9.13 Å². The normalized spacial score (nSPS) is 21.8. The standard InChI is InChI=1S/C18H20ClFN4O/c19-13-9-22-16(20)8-12(13)14-2-1-3-17(24-14)23-11-18(15-10-21-15)4-6-25-7-5-18/h1-3,8-9,15,21H,4-7,10-11H2,(H,23,24)/t15-/m1/s1. The Bertz CT molecular complexity index is 762. The van der Waals surface area contributed by atoms with Gasteiger partial charge in [-0.25, -0.2) is 9.97 Å². The van der Waals surface area contributed by atoms with Crippen LogP contribution in [0, 0.1) is 11.4 Å². The van der Waals surface area contributed by atoms with E-state index in [4.69, 9.17) is 16.3 Å². The maximum atomic E-state index is 13.4. The topological polar surface area (TPSA) is 69.0 Å². The summed E-state index contributed by atoms with van der Waals surface area (Å²) in [5.41, 5.74) is 1.38. The van der Waals surface area contributed by atoms with Crippen LogP contribution in [0.3, 0.4) is 0 Å². The van der Waals surface area contributed by atoms with E-state index in [1.54, 1.807) is 0 Å². The van der Waals surface area contributed by atoms with Crippen LogP contribution < -0.4 is 10.6 Å². The largest absolute Gasteiger partial charge is 0.381 e. The van der Waals surface area contributed by atoms with Gasteiger partial charge in [0.05, 0.1) is 10.7 Å². The van der Waals surface area contributed by atoms with Gasteiger partial charge in [-0.2, -0.15) is 4.39 Å². The van der Waals surface area contributed by atoms with Gasteiger partial charge in [0.2, 0.25) is 5.95 Å². The maximum absolute atomic E-state index is 13.4. The molecule has 2 aromatic heterocycles. The van der Waals surface area contributed by atoms with Crippen molar-refractivity contribution in [3.63, 3.8) is 0 Å². The van der Waals surface area contributed by atoms with Crippen LogP contribution >= 0.6 is 11.6 Å². The Labute approximate surface area is 151 Å². The molecule has 0 aliphatic carbocycles. The van der Waals surface area contributed by atoms with Crippen molar-refractivity contribution in [2.45, 2.75) is 18.9 Å². The highest BCUT2D eigenvalue weighted by Crippen LogP contribution is 2.38. The smallest absolute Gasteiger partial charge is 0.213 e. The minimum absolute atomic E-state index is 0.205. The number of halogens is 2. The third-order valence-electron chi connectivity index (χ3n) is 5.10. The summed E-state index contributed by atoms with van der Waals surface area (Å²) in [5, 5.41) is 7.30. The van der Waals surface area contributed by atoms with Crippen molar-refractivity contribution in [2.24, 2.45) is 5.41 Å². The fourth-order valence-corrected chi connectivity index (χ4v) is 3.68. The Morgan fingerprint density at radius 2 is 2.16 bits per heavy atom. The monoisotopic (exact) mass is 362 g/mol. The van der Waals surface area contributed by atoms with Crippen molar-refractivity contribution in [1.29, 1.82) is 0 Å². The molecular formula is C18H20ClFN4O. The predicted octanol–water partition coefficient (Wildman–Crippen LogP) is 3.12. The van der Waals surface area contributed by atoms with Crippen LogP contribution in [0.15, 0.2) is 30.5 Å². The van der Waals surface area contributed by atoms with Crippen molar-refractivity contribution in [2.75, 3.05) is 31.6 Å². The zero-order valence-corrected chi connectivity index (χ0v) is 14.5. The molecule has 2 fully saturated rings. The van der Waals surface area contributed by atoms with E-state index in [-0.39, 0.29) is 5.41 Å². The zero-order valence-electron chi connectivity index (χ0n) is 13.8. The fraction of sp³-hybridized carbons (Fsp3) is 0.444. The quantitative estimate of drug-likeness (QED) is 0.631. The first-order valence-electron chi connectivity index (χ1n) is 8.50. The van der Waals surface area contributed by atoms with Crippen LogP contribution in [-0.2, 0) is 4.74 Å². The molecule has 132 valence electrons. The molecule has 2 aliphatic heterocycles. The Hall–Kier alpha value is -1.76. The number of anilines is 1. The molecule has 0 radical (unpaired) electrons. The van der Waals surface area contributed by atoms with Crippen LogP contribution in [0.1, 0.15) is 12.8 Å². The van der Waals surface area contributed by atoms with E-state index in [0.29, 0.717) is 22.3 Å². The molecule has 2 aromatic rings. The lowest BCUT2D eigenvalue weighted by Crippen LogP contribution is -2.41. The van der Waals surface area contributed by atoms with Gasteiger partial charge in [-0.05, 0) is 25.0 Å². The average molecular weight is 363 g/mol. The third-order valence-corrected chi connectivity index (χ3v) is 5.41. The number of aromatic nitrogens is 2. The molecule has 0 aromatic carbocycles. The first-order valence-corrected chi connectivity index (χ1v) is 8.88. The summed E-state index contributed by atoms with van der Waals surface area (Å²) < 4.78 is 19.0. The number of nitrogens with one attached hydrogen (secondary N) is 2. The Kier molecular flexibility index (Phi) is 4.58. The molecule has 2 N–H and O–H groups in total. The zero-order chi connectivity index (χ0) is 17.3. The van der Waals surface area contributed by atoms with Crippen molar-refractivity contribution in [3.8, 4) is 11.3 Å². The van der Waals surface area contributed by atoms with E-state index >= 15 is 0 Å². The lowest BCUT2D eigenvalue weighted by Gasteiger charge is -2.37. The highest BCUT2D eigenvalue weighted by atomic mass is 35.5. The minimum Gasteiger partial charge on any atom is -0.381 e. The summed E-state index contributed by atoms with van der Waals surface area (Å²) in [7, 11) is 0. The second kappa shape index (κ2) is 6.86. The number of rotatable bonds is 5. The van der Waals surface area contributed by atoms with Crippen LogP contribution in [0.25, 0.3) is 11.3 Å². The molecule has 7 heteroatoms. The highest BCUT2D eigenvalue weighted by Gasteiger charge is 2.45. The van der Waals surface area contributed by atoms with E-state index < -0.39 is 5.95 Å². The molecule has 0 bridgehead atoms. The van der Waals surface area contributed by atoms with E-state index in [2.05, 4.69) is 20.6 Å². The number of hydrogen-bond acceptors (Lipinski definition) is 5. The van der Waals surface area contributed by atoms with Crippen LogP contribution in [-0.4, -0.2) is 42.3 Å². The van der Waals surface area contributed by atoms with Crippen molar-refractivity contribution >= 4 is 17.4 Å². The lowest BCUT2D eigenvalue weighted by molar-refractivity contribution is 0.0204. The molecule has 0 spiro atoms. The summed E-state index contributed by atoms with van der Waals surface area (Å²) in [6.07, 6.45) is 3.39. The van der Waals surface area contributed by atoms with Gasteiger partial charge in [0.1, 0.15) is 5.82 Å². The predicted molar refractivity (Wildman–Crippen MR) is 95.2 cm³/mol. The number of pyridine rings is 2. The highest BCUT2D eigenvalue weighted by molar-refractivity contribution is 6.33. The summed E-state index contributed by atoms with van der Waals surface area (Å²) >= 11 is 6.14. The molecular weight excluding hydrogens is 343 g/mol. The molecule has 4 rings (SSSR count). The molecule has 4 heterocycles. The first-order chi connectivity index (χ1) is 12.2. The average Bonchev–Trinajstić information content (AvgIpc) is 3.49. The van der Waals surface area contributed by atoms with Gasteiger partial charge >= 0.3 is 0 Å². The summed E-state index contributed by atoms with van der Waals surface area (Å²) in [5.74, 6) is 0.192. The van der Waals surface area contributed by atoms with E-state index in [9.17, 15) is 4.39 Å². The van der Waals surface area contributed by atoms with Gasteiger partial charge in [0, 0.05) is 55.6 Å². The second-order valence-corrected chi connectivity index (χ2v) is 7.09. The Morgan fingerprint density at radius 3 is 2.92 bits per heavy atom. The number of hydrogen-bond donors (Lipinski definition) is 2. The fourth-order valence-electron chi connectivity index (χ4n) is 3.48. The summed E-state index contributed by atoms with van der Waals surface area (Å²) in [6.45, 7) is 3.52. The van der Waals surface area contributed by atoms with Crippen molar-refractivity contribution in [1.82, 2.24) is 15.3 Å². The molecule has 2 saturated heterocycles. The summed E-state index contributed by atoms with van der Waals surface area (Å²) in [6, 6.07) is 7.49. The van der Waals surface area contributed by atoms with Crippen LogP contribution in [0.4, 0.5) is 10.2 Å². The summed E-state index contributed by atoms with van der Waals surface area (Å²) in [4.78, 5) is 8.16. The SMILES string of the molecule is Fc1cc(-c2cccc(NCC3([C@H]4CN4)CCOCC3)n2)c(Cl)cn1. The maximum Gasteiger partial charge on any atom is 0.213 e. The molecule has 2 aliphatic rings. The molecule has 0 saturated carbocycles.